The minimum atomic E-state index is -2.18. The smallest absolute Gasteiger partial charge is 0.480 e. The SMILES string of the molecule is O=C(O)[C@@H]1CCCN1.O=[P+](Oc1ccccc1)Oc1ccccc1. The first-order valence-electron chi connectivity index (χ1n) is 7.54. The van der Waals surface area contributed by atoms with E-state index in [4.69, 9.17) is 14.2 Å². The van der Waals surface area contributed by atoms with Crippen molar-refractivity contribution in [2.45, 2.75) is 18.9 Å². The molecule has 0 bridgehead atoms. The van der Waals surface area contributed by atoms with Crippen molar-refractivity contribution in [2.75, 3.05) is 6.54 Å². The molecule has 24 heavy (non-hydrogen) atoms. The number of benzene rings is 2. The molecule has 6 nitrogen and oxygen atoms in total. The number of para-hydroxylation sites is 2. The molecule has 3 rings (SSSR count). The monoisotopic (exact) mass is 348 g/mol. The fourth-order valence-electron chi connectivity index (χ4n) is 2.05. The van der Waals surface area contributed by atoms with Crippen LogP contribution in [0.15, 0.2) is 60.7 Å². The van der Waals surface area contributed by atoms with E-state index in [1.165, 1.54) is 0 Å². The molecule has 0 spiro atoms. The van der Waals surface area contributed by atoms with Crippen LogP contribution >= 0.6 is 8.25 Å². The molecule has 0 radical (unpaired) electrons. The topological polar surface area (TPSA) is 84.9 Å². The molecule has 7 heteroatoms. The van der Waals surface area contributed by atoms with E-state index in [2.05, 4.69) is 5.32 Å². The van der Waals surface area contributed by atoms with E-state index in [9.17, 15) is 9.36 Å². The maximum Gasteiger partial charge on any atom is 0.805 e. The predicted octanol–water partition coefficient (Wildman–Crippen LogP) is 3.62. The van der Waals surface area contributed by atoms with Gasteiger partial charge in [0.05, 0.1) is 0 Å². The summed E-state index contributed by atoms with van der Waals surface area (Å²) >= 11 is 0. The number of nitrogens with one attached hydrogen (secondary N) is 1. The molecule has 0 unspecified atom stereocenters. The normalized spacial score (nSPS) is 15.8. The minimum absolute atomic E-state index is 0.269. The number of carbonyl (C=O) groups is 1. The fraction of sp³-hybridized carbons (Fsp3) is 0.235. The van der Waals surface area contributed by atoms with E-state index in [-0.39, 0.29) is 6.04 Å². The van der Waals surface area contributed by atoms with Crippen LogP contribution in [-0.2, 0) is 9.36 Å². The van der Waals surface area contributed by atoms with Crippen LogP contribution in [0.4, 0.5) is 0 Å². The van der Waals surface area contributed by atoms with Gasteiger partial charge in [-0.05, 0) is 43.7 Å². The Kier molecular flexibility index (Phi) is 7.21. The number of carboxylic acid groups (broad SMARTS) is 1. The zero-order valence-electron chi connectivity index (χ0n) is 13.0. The number of carboxylic acids is 1. The second kappa shape index (κ2) is 9.65. The average Bonchev–Trinajstić information content (AvgIpc) is 3.12. The quantitative estimate of drug-likeness (QED) is 0.803. The van der Waals surface area contributed by atoms with Crippen molar-refractivity contribution in [2.24, 2.45) is 0 Å². The first-order chi connectivity index (χ1) is 11.6. The number of aliphatic carboxylic acids is 1. The van der Waals surface area contributed by atoms with Crippen LogP contribution in [0.3, 0.4) is 0 Å². The Morgan fingerprint density at radius 3 is 1.83 bits per heavy atom. The first-order valence-corrected chi connectivity index (χ1v) is 8.64. The Morgan fingerprint density at radius 1 is 1.00 bits per heavy atom. The second-order valence-electron chi connectivity index (χ2n) is 5.02. The van der Waals surface area contributed by atoms with Gasteiger partial charge in [-0.25, -0.2) is 9.05 Å². The highest BCUT2D eigenvalue weighted by molar-refractivity contribution is 7.34. The minimum Gasteiger partial charge on any atom is -0.480 e. The highest BCUT2D eigenvalue weighted by Crippen LogP contribution is 2.29. The predicted molar refractivity (Wildman–Crippen MR) is 90.4 cm³/mol. The van der Waals surface area contributed by atoms with Crippen LogP contribution in [0.25, 0.3) is 0 Å². The van der Waals surface area contributed by atoms with Crippen molar-refractivity contribution in [3.63, 3.8) is 0 Å². The summed E-state index contributed by atoms with van der Waals surface area (Å²) in [5, 5.41) is 11.2. The average molecular weight is 348 g/mol. The highest BCUT2D eigenvalue weighted by Gasteiger charge is 2.23. The fourth-order valence-corrected chi connectivity index (χ4v) is 2.67. The van der Waals surface area contributed by atoms with E-state index in [1.54, 1.807) is 48.5 Å². The summed E-state index contributed by atoms with van der Waals surface area (Å²) < 4.78 is 21.7. The lowest BCUT2D eigenvalue weighted by Gasteiger charge is -1.99. The molecule has 1 fully saturated rings. The first kappa shape index (κ1) is 17.9. The van der Waals surface area contributed by atoms with Crippen LogP contribution in [0, 0.1) is 0 Å². The van der Waals surface area contributed by atoms with E-state index in [0.29, 0.717) is 11.5 Å². The molecule has 1 aliphatic rings. The Hall–Kier alpha value is -2.43. The molecule has 126 valence electrons. The molecule has 2 aromatic rings. The summed E-state index contributed by atoms with van der Waals surface area (Å²) in [7, 11) is -2.18. The number of rotatable bonds is 5. The third-order valence-electron chi connectivity index (χ3n) is 3.20. The molecule has 1 saturated heterocycles. The maximum absolute atomic E-state index is 11.5. The third-order valence-corrected chi connectivity index (χ3v) is 3.92. The maximum atomic E-state index is 11.5. The van der Waals surface area contributed by atoms with Gasteiger partial charge in [-0.3, -0.25) is 4.79 Å². The van der Waals surface area contributed by atoms with Crippen LogP contribution in [0.5, 0.6) is 11.5 Å². The van der Waals surface area contributed by atoms with Crippen LogP contribution in [0.2, 0.25) is 0 Å². The lowest BCUT2D eigenvalue weighted by Crippen LogP contribution is -2.29. The van der Waals surface area contributed by atoms with Gasteiger partial charge in [0.15, 0.2) is 11.5 Å². The van der Waals surface area contributed by atoms with Gasteiger partial charge in [0, 0.05) is 4.57 Å². The van der Waals surface area contributed by atoms with Gasteiger partial charge in [0.25, 0.3) is 0 Å². The van der Waals surface area contributed by atoms with Gasteiger partial charge in [0.2, 0.25) is 0 Å². The van der Waals surface area contributed by atoms with Gasteiger partial charge in [-0.1, -0.05) is 36.4 Å². The Labute approximate surface area is 141 Å². The van der Waals surface area contributed by atoms with Crippen LogP contribution in [0.1, 0.15) is 12.8 Å². The molecule has 2 N–H and O–H groups in total. The van der Waals surface area contributed by atoms with E-state index in [1.807, 2.05) is 12.1 Å². The largest absolute Gasteiger partial charge is 0.805 e. The van der Waals surface area contributed by atoms with Crippen molar-refractivity contribution >= 4 is 14.2 Å². The summed E-state index contributed by atoms with van der Waals surface area (Å²) in [5.41, 5.74) is 0. The molecule has 1 aliphatic heterocycles. The van der Waals surface area contributed by atoms with Crippen molar-refractivity contribution < 1.29 is 23.5 Å². The van der Waals surface area contributed by atoms with E-state index < -0.39 is 14.2 Å². The molecule has 0 aliphatic carbocycles. The Balaban J connectivity index is 0.000000219. The standard InChI is InChI=1S/C12H10O3P.C5H9NO2/c13-16(14-11-7-3-1-4-8-11)15-12-9-5-2-6-10-12;7-5(8)4-2-1-3-6-4/h1-10H;4,6H,1-3H2,(H,7,8)/q+1;/t;4-/m.0/s1. The summed E-state index contributed by atoms with van der Waals surface area (Å²) in [6.07, 6.45) is 1.78. The van der Waals surface area contributed by atoms with Crippen molar-refractivity contribution in [1.29, 1.82) is 0 Å². The van der Waals surface area contributed by atoms with Gasteiger partial charge in [-0.15, -0.1) is 0 Å². The van der Waals surface area contributed by atoms with Gasteiger partial charge < -0.3 is 10.4 Å². The summed E-state index contributed by atoms with van der Waals surface area (Å²) in [6.45, 7) is 0.858. The molecule has 0 saturated carbocycles. The van der Waals surface area contributed by atoms with Crippen LogP contribution in [-0.4, -0.2) is 23.7 Å². The second-order valence-corrected chi connectivity index (χ2v) is 5.83. The summed E-state index contributed by atoms with van der Waals surface area (Å²) in [4.78, 5) is 10.1. The highest BCUT2D eigenvalue weighted by atomic mass is 31.1. The van der Waals surface area contributed by atoms with Gasteiger partial charge >= 0.3 is 14.2 Å². The van der Waals surface area contributed by atoms with Gasteiger partial charge in [-0.2, -0.15) is 0 Å². The van der Waals surface area contributed by atoms with Crippen molar-refractivity contribution in [1.82, 2.24) is 5.32 Å². The Morgan fingerprint density at radius 2 is 1.50 bits per heavy atom. The third kappa shape index (κ3) is 6.36. The molecular formula is C17H19NO5P+. The van der Waals surface area contributed by atoms with E-state index in [0.717, 1.165) is 19.4 Å². The van der Waals surface area contributed by atoms with Crippen molar-refractivity contribution in [3.8, 4) is 11.5 Å². The molecule has 0 aromatic heterocycles. The number of hydrogen-bond donors (Lipinski definition) is 2. The molecule has 0 amide bonds. The number of hydrogen-bond acceptors (Lipinski definition) is 5. The van der Waals surface area contributed by atoms with Crippen molar-refractivity contribution in [3.05, 3.63) is 60.7 Å². The van der Waals surface area contributed by atoms with Gasteiger partial charge in [0.1, 0.15) is 6.04 Å². The molecule has 1 atom stereocenters. The summed E-state index contributed by atoms with van der Waals surface area (Å²) in [5.74, 6) is 0.335. The lowest BCUT2D eigenvalue weighted by atomic mass is 10.2. The van der Waals surface area contributed by atoms with Crippen LogP contribution < -0.4 is 14.4 Å². The molecule has 2 aromatic carbocycles. The lowest BCUT2D eigenvalue weighted by molar-refractivity contribution is -0.139. The zero-order chi connectivity index (χ0) is 17.2. The summed E-state index contributed by atoms with van der Waals surface area (Å²) in [6, 6.07) is 17.6. The molecule has 1 heterocycles. The van der Waals surface area contributed by atoms with E-state index >= 15 is 0 Å². The zero-order valence-corrected chi connectivity index (χ0v) is 13.9. The molecular weight excluding hydrogens is 329 g/mol. The Bertz CT molecular complexity index is 601.